The Morgan fingerprint density at radius 2 is 1.95 bits per heavy atom. The van der Waals surface area contributed by atoms with E-state index in [-0.39, 0.29) is 35.9 Å². The fourth-order valence-electron chi connectivity index (χ4n) is 2.29. The normalized spacial score (nSPS) is 11.2. The number of methoxy groups -OCH3 is 1. The fraction of sp³-hybridized carbons (Fsp3) is 0.286. The van der Waals surface area contributed by atoms with Gasteiger partial charge in [0.25, 0.3) is 10.1 Å². The second kappa shape index (κ2) is 6.91. The molecule has 0 aliphatic heterocycles. The van der Waals surface area contributed by atoms with Gasteiger partial charge in [0, 0.05) is 11.1 Å². The van der Waals surface area contributed by atoms with E-state index in [4.69, 9.17) is 4.74 Å². The van der Waals surface area contributed by atoms with E-state index in [0.717, 1.165) is 24.0 Å². The zero-order chi connectivity index (χ0) is 14.0. The van der Waals surface area contributed by atoms with Crippen LogP contribution in [0.25, 0.3) is 11.1 Å². The van der Waals surface area contributed by atoms with E-state index in [1.54, 1.807) is 31.4 Å². The van der Waals surface area contributed by atoms with Crippen LogP contribution in [0, 0.1) is 0 Å². The zero-order valence-corrected chi connectivity index (χ0v) is 14.7. The van der Waals surface area contributed by atoms with Gasteiger partial charge in [0.15, 0.2) is 0 Å². The molecule has 6 heteroatoms. The minimum Gasteiger partial charge on any atom is -1.00 e. The molecule has 2 aliphatic carbocycles. The molecule has 4 nitrogen and oxygen atoms in total. The molecule has 0 aromatic rings. The Bertz CT molecular complexity index is 673. The van der Waals surface area contributed by atoms with Gasteiger partial charge in [-0.05, 0) is 24.1 Å². The summed E-state index contributed by atoms with van der Waals surface area (Å²) >= 11 is 0. The third-order valence-corrected chi connectivity index (χ3v) is 3.94. The molecular formula is C14H17NaO4S. The van der Waals surface area contributed by atoms with Gasteiger partial charge in [-0.25, -0.2) is 0 Å². The quantitative estimate of drug-likeness (QED) is 0.643. The summed E-state index contributed by atoms with van der Waals surface area (Å²) in [5, 5.41) is 0. The number of rotatable bonds is 4. The molecule has 2 rings (SSSR count). The molecule has 0 unspecified atom stereocenters. The van der Waals surface area contributed by atoms with Crippen molar-refractivity contribution in [1.29, 1.82) is 0 Å². The van der Waals surface area contributed by atoms with Crippen LogP contribution < -0.4 is 34.3 Å². The van der Waals surface area contributed by atoms with Crippen LogP contribution in [0.1, 0.15) is 20.3 Å². The molecule has 0 spiro atoms. The summed E-state index contributed by atoms with van der Waals surface area (Å²) in [5.74, 6) is 0.610. The molecule has 0 fully saturated rings. The smallest absolute Gasteiger partial charge is 1.00 e. The first-order chi connectivity index (χ1) is 8.99. The Kier molecular flexibility index (Phi) is 6.04. The zero-order valence-electron chi connectivity index (χ0n) is 12.9. The van der Waals surface area contributed by atoms with Crippen molar-refractivity contribution in [3.63, 3.8) is 0 Å². The van der Waals surface area contributed by atoms with E-state index in [1.165, 1.54) is 6.07 Å². The Balaban J connectivity index is 0.00000200. The van der Waals surface area contributed by atoms with Gasteiger partial charge < -0.3 is 6.16 Å². The monoisotopic (exact) mass is 304 g/mol. The van der Waals surface area contributed by atoms with Gasteiger partial charge in [-0.15, -0.1) is 0 Å². The van der Waals surface area contributed by atoms with Crippen LogP contribution in [0.5, 0.6) is 5.75 Å². The largest absolute Gasteiger partial charge is 1.00 e. The second-order valence-electron chi connectivity index (χ2n) is 4.33. The van der Waals surface area contributed by atoms with E-state index in [2.05, 4.69) is 0 Å². The number of ether oxygens (including phenoxy) is 1. The predicted octanol–water partition coefficient (Wildman–Crippen LogP) is 0.116. The summed E-state index contributed by atoms with van der Waals surface area (Å²) in [4.78, 5) is -0.0551. The summed E-state index contributed by atoms with van der Waals surface area (Å²) in [7, 11) is -2.69. The molecule has 0 saturated heterocycles. The SMILES string of the molecule is CCCc1cc(S(=O)(=O)O)c2ccccc(OC)c1-2.[H-].[Na+]. The average Bonchev–Trinajstić information content (AvgIpc) is 2.57. The molecule has 0 bridgehead atoms. The Hall–Kier alpha value is -0.590. The summed E-state index contributed by atoms with van der Waals surface area (Å²) < 4.78 is 37.6. The Labute approximate surface area is 143 Å². The Morgan fingerprint density at radius 3 is 2.50 bits per heavy atom. The maximum atomic E-state index is 11.5. The number of hydrogen-bond donors (Lipinski definition) is 1. The molecular weight excluding hydrogens is 287 g/mol. The van der Waals surface area contributed by atoms with Gasteiger partial charge in [-0.1, -0.05) is 31.5 Å². The van der Waals surface area contributed by atoms with Crippen LogP contribution in [-0.4, -0.2) is 20.1 Å². The first-order valence-electron chi connectivity index (χ1n) is 6.05. The number of aryl methyl sites for hydroxylation is 1. The van der Waals surface area contributed by atoms with E-state index in [0.29, 0.717) is 11.3 Å². The van der Waals surface area contributed by atoms with Crippen molar-refractivity contribution < 1.29 is 48.7 Å². The average molecular weight is 304 g/mol. The van der Waals surface area contributed by atoms with Gasteiger partial charge >= 0.3 is 29.6 Å². The number of fused-ring (bicyclic) bond motifs is 1. The minimum atomic E-state index is -4.24. The van der Waals surface area contributed by atoms with Crippen LogP contribution in [-0.2, 0) is 16.5 Å². The minimum absolute atomic E-state index is 0. The summed E-state index contributed by atoms with van der Waals surface area (Å²) in [6.07, 6.45) is 1.61. The van der Waals surface area contributed by atoms with Crippen molar-refractivity contribution in [1.82, 2.24) is 0 Å². The van der Waals surface area contributed by atoms with Gasteiger partial charge in [0.2, 0.25) is 0 Å². The van der Waals surface area contributed by atoms with E-state index in [9.17, 15) is 13.0 Å². The van der Waals surface area contributed by atoms with E-state index in [1.807, 2.05) is 6.92 Å². The molecule has 0 atom stereocenters. The van der Waals surface area contributed by atoms with Gasteiger partial charge in [-0.3, -0.25) is 4.55 Å². The maximum absolute atomic E-state index is 11.5. The van der Waals surface area contributed by atoms with Crippen molar-refractivity contribution in [2.45, 2.75) is 24.7 Å². The first-order valence-corrected chi connectivity index (χ1v) is 7.49. The van der Waals surface area contributed by atoms with Crippen LogP contribution in [0.15, 0.2) is 35.2 Å². The molecule has 0 amide bonds. The van der Waals surface area contributed by atoms with Crippen LogP contribution in [0.3, 0.4) is 0 Å². The van der Waals surface area contributed by atoms with Gasteiger partial charge in [0.05, 0.1) is 7.11 Å². The second-order valence-corrected chi connectivity index (χ2v) is 5.72. The van der Waals surface area contributed by atoms with Gasteiger partial charge in [0.1, 0.15) is 10.6 Å². The molecule has 0 heterocycles. The third kappa shape index (κ3) is 3.35. The summed E-state index contributed by atoms with van der Waals surface area (Å²) in [5.41, 5.74) is 2.12. The Morgan fingerprint density at radius 1 is 1.30 bits per heavy atom. The standard InChI is InChI=1S/C14H16O4S.Na.H/c1-3-6-10-9-13(19(15,16)17)11-7-4-5-8-12(18-2)14(10)11;;/h4-5,7-9H,3,6H2,1-2H3,(H,15,16,17);;/q;+1;-1. The van der Waals surface area contributed by atoms with Crippen molar-refractivity contribution in [2.24, 2.45) is 0 Å². The molecule has 0 radical (unpaired) electrons. The molecule has 2 aliphatic rings. The van der Waals surface area contributed by atoms with Crippen LogP contribution >= 0.6 is 0 Å². The third-order valence-electron chi connectivity index (χ3n) is 3.05. The molecule has 1 N–H and O–H groups in total. The first kappa shape index (κ1) is 17.5. The maximum Gasteiger partial charge on any atom is 1.00 e. The van der Waals surface area contributed by atoms with Crippen LogP contribution in [0.4, 0.5) is 0 Å². The summed E-state index contributed by atoms with van der Waals surface area (Å²) in [6, 6.07) is 8.51. The summed E-state index contributed by atoms with van der Waals surface area (Å²) in [6.45, 7) is 2.02. The topological polar surface area (TPSA) is 63.6 Å². The predicted molar refractivity (Wildman–Crippen MR) is 74.5 cm³/mol. The molecule has 0 saturated carbocycles. The van der Waals surface area contributed by atoms with Crippen molar-refractivity contribution in [3.8, 4) is 16.9 Å². The molecule has 0 aromatic heterocycles. The van der Waals surface area contributed by atoms with Crippen molar-refractivity contribution in [2.75, 3.05) is 7.11 Å². The molecule has 104 valence electrons. The van der Waals surface area contributed by atoms with Crippen molar-refractivity contribution >= 4 is 10.1 Å². The molecule has 20 heavy (non-hydrogen) atoms. The van der Waals surface area contributed by atoms with E-state index >= 15 is 0 Å². The van der Waals surface area contributed by atoms with Crippen LogP contribution in [0.2, 0.25) is 0 Å². The van der Waals surface area contributed by atoms with Crippen molar-refractivity contribution in [3.05, 3.63) is 35.9 Å². The number of hydrogen-bond acceptors (Lipinski definition) is 3. The molecule has 0 aromatic carbocycles. The van der Waals surface area contributed by atoms with E-state index < -0.39 is 10.1 Å². The van der Waals surface area contributed by atoms with Gasteiger partial charge in [-0.2, -0.15) is 8.42 Å². The fourth-order valence-corrected chi connectivity index (χ4v) is 3.03.